The smallest absolute Gasteiger partial charge is 0.332 e. The minimum Gasteiger partial charge on any atom is -0.458 e. The Hall–Kier alpha value is -2.52. The van der Waals surface area contributed by atoms with E-state index in [-0.39, 0.29) is 24.7 Å². The van der Waals surface area contributed by atoms with Crippen LogP contribution in [0.15, 0.2) is 60.7 Å². The van der Waals surface area contributed by atoms with Crippen LogP contribution in [0.25, 0.3) is 0 Å². The van der Waals surface area contributed by atoms with Gasteiger partial charge in [0.1, 0.15) is 18.3 Å². The van der Waals surface area contributed by atoms with Gasteiger partial charge in [0.25, 0.3) is 14.2 Å². The van der Waals surface area contributed by atoms with Gasteiger partial charge >= 0.3 is 5.97 Å². The Labute approximate surface area is 216 Å². The van der Waals surface area contributed by atoms with E-state index in [0.29, 0.717) is 0 Å². The van der Waals surface area contributed by atoms with E-state index in [0.717, 1.165) is 15.4 Å². The van der Waals surface area contributed by atoms with E-state index in [1.165, 1.54) is 14.2 Å². The quantitative estimate of drug-likeness (QED) is 0.258. The number of hydrogen-bond donors (Lipinski definition) is 0. The second-order valence-corrected chi connectivity index (χ2v) is 15.0. The van der Waals surface area contributed by atoms with Crippen LogP contribution in [0.3, 0.4) is 0 Å². The van der Waals surface area contributed by atoms with Gasteiger partial charge < -0.3 is 13.9 Å². The van der Waals surface area contributed by atoms with Crippen LogP contribution in [0, 0.1) is 0 Å². The molecule has 0 spiro atoms. The molecule has 2 aromatic rings. The van der Waals surface area contributed by atoms with Crippen molar-refractivity contribution in [2.24, 2.45) is 0 Å². The lowest BCUT2D eigenvalue weighted by Crippen LogP contribution is -2.66. The highest BCUT2D eigenvalue weighted by Crippen LogP contribution is 2.36. The maximum absolute atomic E-state index is 12.9. The van der Waals surface area contributed by atoms with Gasteiger partial charge in [-0.3, -0.25) is 9.63 Å². The summed E-state index contributed by atoms with van der Waals surface area (Å²) in [6, 6.07) is 20.6. The monoisotopic (exact) mass is 515 g/mol. The Morgan fingerprint density at radius 1 is 0.889 bits per heavy atom. The minimum atomic E-state index is -2.77. The lowest BCUT2D eigenvalue weighted by molar-refractivity contribution is -0.185. The SMILES string of the molecule is CON(C)C(=O)C(CCO[Si](c1ccccc1)(c1ccccc1)C(C)(C)C)OCC(=O)OC(C)(C)C. The van der Waals surface area contributed by atoms with Gasteiger partial charge in [0.2, 0.25) is 0 Å². The van der Waals surface area contributed by atoms with Crippen LogP contribution in [0.4, 0.5) is 0 Å². The van der Waals surface area contributed by atoms with Crippen LogP contribution in [-0.2, 0) is 28.3 Å². The number of rotatable bonds is 11. The Kier molecular flexibility index (Phi) is 10.4. The number of hydroxylamine groups is 2. The van der Waals surface area contributed by atoms with E-state index >= 15 is 0 Å². The normalized spacial score (nSPS) is 13.2. The predicted molar refractivity (Wildman–Crippen MR) is 144 cm³/mol. The third-order valence-electron chi connectivity index (χ3n) is 5.80. The molecule has 1 unspecified atom stereocenters. The summed E-state index contributed by atoms with van der Waals surface area (Å²) in [4.78, 5) is 30.3. The van der Waals surface area contributed by atoms with Crippen LogP contribution in [0.2, 0.25) is 5.04 Å². The zero-order valence-corrected chi connectivity index (χ0v) is 23.9. The number of benzene rings is 2. The summed E-state index contributed by atoms with van der Waals surface area (Å²) in [5.41, 5.74) is -0.643. The summed E-state index contributed by atoms with van der Waals surface area (Å²) >= 11 is 0. The Balaban J connectivity index is 2.31. The molecule has 2 aromatic carbocycles. The van der Waals surface area contributed by atoms with Crippen molar-refractivity contribution in [1.82, 2.24) is 5.06 Å². The Morgan fingerprint density at radius 2 is 1.39 bits per heavy atom. The summed E-state index contributed by atoms with van der Waals surface area (Å²) in [5, 5.41) is 3.20. The number of carbonyl (C=O) groups excluding carboxylic acids is 2. The molecule has 198 valence electrons. The van der Waals surface area contributed by atoms with Gasteiger partial charge in [0.05, 0.1) is 7.11 Å². The lowest BCUT2D eigenvalue weighted by Gasteiger charge is -2.43. The van der Waals surface area contributed by atoms with Crippen LogP contribution in [0.1, 0.15) is 48.0 Å². The molecule has 0 heterocycles. The van der Waals surface area contributed by atoms with E-state index in [4.69, 9.17) is 18.7 Å². The Bertz CT molecular complexity index is 930. The molecule has 0 radical (unpaired) electrons. The largest absolute Gasteiger partial charge is 0.458 e. The van der Waals surface area contributed by atoms with Crippen molar-refractivity contribution in [3.63, 3.8) is 0 Å². The van der Waals surface area contributed by atoms with Gasteiger partial charge in [-0.05, 0) is 36.2 Å². The van der Waals surface area contributed by atoms with Crippen molar-refractivity contribution in [3.05, 3.63) is 60.7 Å². The fraction of sp³-hybridized carbons (Fsp3) is 0.500. The first-order valence-corrected chi connectivity index (χ1v) is 14.1. The molecule has 0 saturated heterocycles. The maximum Gasteiger partial charge on any atom is 0.332 e. The van der Waals surface area contributed by atoms with Gasteiger partial charge in [-0.2, -0.15) is 0 Å². The molecule has 0 aromatic heterocycles. The van der Waals surface area contributed by atoms with Gasteiger partial charge in [-0.25, -0.2) is 9.86 Å². The molecule has 0 saturated carbocycles. The molecule has 36 heavy (non-hydrogen) atoms. The molecular weight excluding hydrogens is 474 g/mol. The molecule has 1 amide bonds. The minimum absolute atomic E-state index is 0.199. The predicted octanol–water partition coefficient (Wildman–Crippen LogP) is 3.70. The average Bonchev–Trinajstić information content (AvgIpc) is 2.82. The molecule has 0 N–H and O–H groups in total. The third-order valence-corrected chi connectivity index (χ3v) is 10.8. The summed E-state index contributed by atoms with van der Waals surface area (Å²) < 4.78 is 17.9. The average molecular weight is 516 g/mol. The summed E-state index contributed by atoms with van der Waals surface area (Å²) in [6.07, 6.45) is -0.680. The molecular formula is C28H41NO6Si. The number of hydrogen-bond acceptors (Lipinski definition) is 6. The van der Waals surface area contributed by atoms with Crippen molar-refractivity contribution >= 4 is 30.6 Å². The molecule has 8 heteroatoms. The number of ether oxygens (including phenoxy) is 2. The van der Waals surface area contributed by atoms with Crippen LogP contribution >= 0.6 is 0 Å². The van der Waals surface area contributed by atoms with Crippen LogP contribution < -0.4 is 10.4 Å². The zero-order chi connectivity index (χ0) is 27.0. The van der Waals surface area contributed by atoms with Gasteiger partial charge in [0.15, 0.2) is 0 Å². The topological polar surface area (TPSA) is 74.3 Å². The van der Waals surface area contributed by atoms with E-state index in [2.05, 4.69) is 45.0 Å². The second-order valence-electron chi connectivity index (χ2n) is 10.7. The highest BCUT2D eigenvalue weighted by molar-refractivity contribution is 6.99. The molecule has 7 nitrogen and oxygen atoms in total. The van der Waals surface area contributed by atoms with Crippen molar-refractivity contribution in [3.8, 4) is 0 Å². The van der Waals surface area contributed by atoms with Crippen LogP contribution in [0.5, 0.6) is 0 Å². The first-order chi connectivity index (χ1) is 16.8. The van der Waals surface area contributed by atoms with Crippen molar-refractivity contribution < 1.29 is 28.3 Å². The number of amides is 1. The third kappa shape index (κ3) is 7.74. The highest BCUT2D eigenvalue weighted by atomic mass is 28.4. The molecule has 0 fully saturated rings. The first-order valence-electron chi connectivity index (χ1n) is 12.2. The fourth-order valence-corrected chi connectivity index (χ4v) is 8.77. The van der Waals surface area contributed by atoms with E-state index in [1.54, 1.807) is 20.8 Å². The van der Waals surface area contributed by atoms with Gasteiger partial charge in [-0.1, -0.05) is 81.4 Å². The van der Waals surface area contributed by atoms with E-state index < -0.39 is 31.9 Å². The summed E-state index contributed by atoms with van der Waals surface area (Å²) in [7, 11) is 0.147. The molecule has 0 aliphatic carbocycles. The van der Waals surface area contributed by atoms with Gasteiger partial charge in [-0.15, -0.1) is 0 Å². The number of carbonyl (C=O) groups is 2. The zero-order valence-electron chi connectivity index (χ0n) is 22.9. The molecule has 1 atom stereocenters. The van der Waals surface area contributed by atoms with Crippen molar-refractivity contribution in [1.29, 1.82) is 0 Å². The number of nitrogens with zero attached hydrogens (tertiary/aromatic N) is 1. The standard InChI is InChI=1S/C28H41NO6Si/c1-27(2,3)35-25(30)21-33-24(26(31)29(7)32-8)19-20-34-36(28(4,5)6,22-15-11-9-12-16-22)23-17-13-10-14-18-23/h9-18,24H,19-21H2,1-8H3. The van der Waals surface area contributed by atoms with Crippen LogP contribution in [-0.4, -0.2) is 64.3 Å². The summed E-state index contributed by atoms with van der Waals surface area (Å²) in [6.45, 7) is 11.8. The van der Waals surface area contributed by atoms with E-state index in [9.17, 15) is 9.59 Å². The first kappa shape index (κ1) is 29.7. The summed E-state index contributed by atoms with van der Waals surface area (Å²) in [5.74, 6) is -0.930. The fourth-order valence-electron chi connectivity index (χ4n) is 4.19. The molecule has 0 bridgehead atoms. The van der Waals surface area contributed by atoms with E-state index in [1.807, 2.05) is 36.4 Å². The van der Waals surface area contributed by atoms with Crippen molar-refractivity contribution in [2.45, 2.75) is 64.7 Å². The van der Waals surface area contributed by atoms with Crippen molar-refractivity contribution in [2.75, 3.05) is 27.4 Å². The Morgan fingerprint density at radius 3 is 1.81 bits per heavy atom. The lowest BCUT2D eigenvalue weighted by atomic mass is 10.2. The highest BCUT2D eigenvalue weighted by Gasteiger charge is 2.50. The maximum atomic E-state index is 12.9. The number of likely N-dealkylation sites (N-methyl/N-ethyl adjacent to an activating group) is 1. The molecule has 0 aliphatic rings. The second kappa shape index (κ2) is 12.6. The molecule has 2 rings (SSSR count). The number of esters is 1. The molecule has 0 aliphatic heterocycles. The van der Waals surface area contributed by atoms with Gasteiger partial charge in [0, 0.05) is 20.1 Å².